The number of hydrogen-bond donors (Lipinski definition) is 0. The molecule has 2 nitrogen and oxygen atoms in total. The van der Waals surface area contributed by atoms with Gasteiger partial charge in [-0.1, -0.05) is 42.5 Å². The van der Waals surface area contributed by atoms with Crippen molar-refractivity contribution in [2.45, 2.75) is 18.6 Å². The second-order valence-electron chi connectivity index (χ2n) is 4.26. The zero-order chi connectivity index (χ0) is 11.2. The van der Waals surface area contributed by atoms with E-state index in [0.717, 1.165) is 5.56 Å². The minimum Gasteiger partial charge on any atom is -0.345 e. The topological polar surface area (TPSA) is 36.3 Å². The summed E-state index contributed by atoms with van der Waals surface area (Å²) in [5.74, 6) is 0. The summed E-state index contributed by atoms with van der Waals surface area (Å²) in [6, 6.07) is 16.5. The number of ether oxygens (including phenoxy) is 1. The first kappa shape index (κ1) is 9.38. The summed E-state index contributed by atoms with van der Waals surface area (Å²) in [6.07, 6.45) is -0.307. The predicted molar refractivity (Wildman–Crippen MR) is 61.8 cm³/mol. The molecule has 78 valence electrons. The van der Waals surface area contributed by atoms with Crippen molar-refractivity contribution in [3.63, 3.8) is 0 Å². The van der Waals surface area contributed by atoms with E-state index in [2.05, 4.69) is 24.3 Å². The van der Waals surface area contributed by atoms with Crippen molar-refractivity contribution in [2.75, 3.05) is 0 Å². The first-order chi connectivity index (χ1) is 7.75. The molecular formula is C14H11NO. The Kier molecular flexibility index (Phi) is 1.80. The van der Waals surface area contributed by atoms with E-state index in [4.69, 9.17) is 10.00 Å². The molecule has 0 bridgehead atoms. The second kappa shape index (κ2) is 3.07. The summed E-state index contributed by atoms with van der Waals surface area (Å²) in [6.45, 7) is 1.97. The molecule has 2 unspecified atom stereocenters. The molecule has 16 heavy (non-hydrogen) atoms. The van der Waals surface area contributed by atoms with Crippen LogP contribution in [0.1, 0.15) is 12.5 Å². The van der Waals surface area contributed by atoms with Crippen LogP contribution in [0.15, 0.2) is 42.5 Å². The van der Waals surface area contributed by atoms with Gasteiger partial charge in [-0.2, -0.15) is 5.26 Å². The van der Waals surface area contributed by atoms with Crippen LogP contribution in [0.3, 0.4) is 0 Å². The van der Waals surface area contributed by atoms with E-state index >= 15 is 0 Å². The van der Waals surface area contributed by atoms with Crippen molar-refractivity contribution in [2.24, 2.45) is 0 Å². The molecule has 0 aliphatic carbocycles. The van der Waals surface area contributed by atoms with Gasteiger partial charge in [0.2, 0.25) is 0 Å². The maximum atomic E-state index is 8.90. The Labute approximate surface area is 94.1 Å². The van der Waals surface area contributed by atoms with E-state index in [1.54, 1.807) is 0 Å². The molecule has 2 aromatic carbocycles. The fraction of sp³-hybridized carbons (Fsp3) is 0.214. The fourth-order valence-corrected chi connectivity index (χ4v) is 2.22. The molecule has 2 aromatic rings. The van der Waals surface area contributed by atoms with Gasteiger partial charge in [-0.15, -0.1) is 0 Å². The van der Waals surface area contributed by atoms with Crippen LogP contribution in [0, 0.1) is 11.3 Å². The highest BCUT2D eigenvalue weighted by Crippen LogP contribution is 2.47. The number of epoxide rings is 1. The Balaban J connectivity index is 2.23. The highest BCUT2D eigenvalue weighted by atomic mass is 16.6. The third-order valence-electron chi connectivity index (χ3n) is 3.25. The molecule has 2 atom stereocenters. The quantitative estimate of drug-likeness (QED) is 0.677. The van der Waals surface area contributed by atoms with E-state index < -0.39 is 5.60 Å². The van der Waals surface area contributed by atoms with Gasteiger partial charge in [0.15, 0.2) is 6.10 Å². The van der Waals surface area contributed by atoms with E-state index in [1.807, 2.05) is 31.2 Å². The summed E-state index contributed by atoms with van der Waals surface area (Å²) in [7, 11) is 0. The Bertz CT molecular complexity index is 594. The molecule has 0 saturated carbocycles. The van der Waals surface area contributed by atoms with Crippen LogP contribution < -0.4 is 0 Å². The molecule has 0 N–H and O–H groups in total. The van der Waals surface area contributed by atoms with Crippen molar-refractivity contribution < 1.29 is 4.74 Å². The molecule has 2 heteroatoms. The minimum absolute atomic E-state index is 0.307. The summed E-state index contributed by atoms with van der Waals surface area (Å²) < 4.78 is 5.49. The van der Waals surface area contributed by atoms with Crippen LogP contribution in [-0.2, 0) is 10.3 Å². The Morgan fingerprint density at radius 3 is 2.69 bits per heavy atom. The maximum absolute atomic E-state index is 8.90. The first-order valence-corrected chi connectivity index (χ1v) is 5.31. The van der Waals surface area contributed by atoms with Gasteiger partial charge in [0.05, 0.1) is 6.07 Å². The van der Waals surface area contributed by atoms with Crippen molar-refractivity contribution in [1.82, 2.24) is 0 Å². The van der Waals surface area contributed by atoms with Crippen LogP contribution in [0.2, 0.25) is 0 Å². The highest BCUT2D eigenvalue weighted by Gasteiger charge is 2.54. The number of rotatable bonds is 1. The van der Waals surface area contributed by atoms with Crippen LogP contribution in [0.4, 0.5) is 0 Å². The largest absolute Gasteiger partial charge is 0.345 e. The third-order valence-corrected chi connectivity index (χ3v) is 3.25. The summed E-state index contributed by atoms with van der Waals surface area (Å²) in [5, 5.41) is 11.3. The smallest absolute Gasteiger partial charge is 0.178 e. The van der Waals surface area contributed by atoms with Crippen LogP contribution in [0.25, 0.3) is 10.8 Å². The zero-order valence-electron chi connectivity index (χ0n) is 8.97. The standard InChI is InChI=1S/C14H11NO/c1-14(13(9-15)16-14)12-8-4-6-10-5-2-3-7-11(10)12/h2-8,13H,1H3. The normalized spacial score (nSPS) is 27.6. The lowest BCUT2D eigenvalue weighted by Crippen LogP contribution is -2.06. The van der Waals surface area contributed by atoms with Gasteiger partial charge in [-0.05, 0) is 23.3 Å². The Morgan fingerprint density at radius 1 is 1.19 bits per heavy atom. The molecule has 3 rings (SSSR count). The number of nitrogens with zero attached hydrogens (tertiary/aromatic N) is 1. The fourth-order valence-electron chi connectivity index (χ4n) is 2.22. The first-order valence-electron chi connectivity index (χ1n) is 5.31. The third kappa shape index (κ3) is 1.16. The molecule has 0 spiro atoms. The SMILES string of the molecule is CC1(c2cccc3ccccc23)OC1C#N. The lowest BCUT2D eigenvalue weighted by Gasteiger charge is -2.09. The molecule has 1 aliphatic rings. The van der Waals surface area contributed by atoms with Gasteiger partial charge in [0.25, 0.3) is 0 Å². The predicted octanol–water partition coefficient (Wildman–Crippen LogP) is 2.98. The van der Waals surface area contributed by atoms with E-state index in [0.29, 0.717) is 0 Å². The van der Waals surface area contributed by atoms with Gasteiger partial charge >= 0.3 is 0 Å². The molecule has 1 heterocycles. The van der Waals surface area contributed by atoms with Gasteiger partial charge in [0.1, 0.15) is 5.60 Å². The Morgan fingerprint density at radius 2 is 1.94 bits per heavy atom. The number of fused-ring (bicyclic) bond motifs is 1. The molecule has 0 radical (unpaired) electrons. The summed E-state index contributed by atoms with van der Waals surface area (Å²) in [5.41, 5.74) is 0.687. The minimum atomic E-state index is -0.421. The summed E-state index contributed by atoms with van der Waals surface area (Å²) in [4.78, 5) is 0. The highest BCUT2D eigenvalue weighted by molar-refractivity contribution is 5.86. The van der Waals surface area contributed by atoms with E-state index in [9.17, 15) is 0 Å². The van der Waals surface area contributed by atoms with E-state index in [1.165, 1.54) is 10.8 Å². The molecule has 0 aromatic heterocycles. The average Bonchev–Trinajstić information content (AvgIpc) is 3.01. The van der Waals surface area contributed by atoms with E-state index in [-0.39, 0.29) is 6.10 Å². The van der Waals surface area contributed by atoms with Gasteiger partial charge in [-0.3, -0.25) is 0 Å². The van der Waals surface area contributed by atoms with Crippen molar-refractivity contribution in [3.05, 3.63) is 48.0 Å². The van der Waals surface area contributed by atoms with Crippen LogP contribution in [0.5, 0.6) is 0 Å². The van der Waals surface area contributed by atoms with Gasteiger partial charge in [-0.25, -0.2) is 0 Å². The zero-order valence-corrected chi connectivity index (χ0v) is 8.97. The number of benzene rings is 2. The average molecular weight is 209 g/mol. The van der Waals surface area contributed by atoms with Crippen molar-refractivity contribution in [3.8, 4) is 6.07 Å². The molecular weight excluding hydrogens is 198 g/mol. The lowest BCUT2D eigenvalue weighted by atomic mass is 9.92. The van der Waals surface area contributed by atoms with Gasteiger partial charge in [0, 0.05) is 0 Å². The van der Waals surface area contributed by atoms with Crippen LogP contribution >= 0.6 is 0 Å². The van der Waals surface area contributed by atoms with Crippen LogP contribution in [-0.4, -0.2) is 6.10 Å². The second-order valence-corrected chi connectivity index (χ2v) is 4.26. The van der Waals surface area contributed by atoms with Crippen molar-refractivity contribution >= 4 is 10.8 Å². The molecule has 1 aliphatic heterocycles. The monoisotopic (exact) mass is 209 g/mol. The molecule has 0 amide bonds. The molecule has 1 fully saturated rings. The lowest BCUT2D eigenvalue weighted by molar-refractivity contribution is 0.323. The van der Waals surface area contributed by atoms with Crippen molar-refractivity contribution in [1.29, 1.82) is 5.26 Å². The number of hydrogen-bond acceptors (Lipinski definition) is 2. The molecule has 1 saturated heterocycles. The Hall–Kier alpha value is -1.85. The number of nitriles is 1. The maximum Gasteiger partial charge on any atom is 0.178 e. The van der Waals surface area contributed by atoms with Gasteiger partial charge < -0.3 is 4.74 Å². The summed E-state index contributed by atoms with van der Waals surface area (Å²) >= 11 is 0.